The summed E-state index contributed by atoms with van der Waals surface area (Å²) >= 11 is 0. The third-order valence-electron chi connectivity index (χ3n) is 9.41. The van der Waals surface area contributed by atoms with Crippen LogP contribution in [-0.4, -0.2) is 34.8 Å². The van der Waals surface area contributed by atoms with Crippen LogP contribution < -0.4 is 0 Å². The van der Waals surface area contributed by atoms with Gasteiger partial charge in [-0.15, -0.1) is 12.3 Å². The molecule has 1 aliphatic carbocycles. The average Bonchev–Trinajstić information content (AvgIpc) is 3.12. The second-order valence-corrected chi connectivity index (χ2v) is 23.4. The summed E-state index contributed by atoms with van der Waals surface area (Å²) in [6.07, 6.45) is 8.46. The van der Waals surface area contributed by atoms with E-state index < -0.39 is 27.7 Å². The van der Waals surface area contributed by atoms with E-state index in [1.54, 1.807) is 6.08 Å². The minimum Gasteiger partial charge on any atom is -0.542 e. The Hall–Kier alpha value is -1.30. The maximum Gasteiger partial charge on any atom is 0.332 e. The minimum atomic E-state index is -2.27. The van der Waals surface area contributed by atoms with Gasteiger partial charge in [0.05, 0.1) is 5.41 Å². The Morgan fingerprint density at radius 2 is 1.60 bits per heavy atom. The zero-order chi connectivity index (χ0) is 27.2. The first-order chi connectivity index (χ1) is 15.8. The zero-order valence-electron chi connectivity index (χ0n) is 24.6. The molecule has 0 spiro atoms. The molecule has 2 aliphatic rings. The molecule has 0 saturated carbocycles. The maximum atomic E-state index is 12.8. The van der Waals surface area contributed by atoms with Gasteiger partial charge in [0.2, 0.25) is 0 Å². The van der Waals surface area contributed by atoms with E-state index in [1.165, 1.54) is 0 Å². The predicted molar refractivity (Wildman–Crippen MR) is 151 cm³/mol. The van der Waals surface area contributed by atoms with E-state index in [-0.39, 0.29) is 11.0 Å². The van der Waals surface area contributed by atoms with Crippen molar-refractivity contribution in [3.63, 3.8) is 0 Å². The number of carbonyl (C=O) groups is 1. The molecule has 0 unspecified atom stereocenters. The van der Waals surface area contributed by atoms with Gasteiger partial charge in [-0.3, -0.25) is 0 Å². The van der Waals surface area contributed by atoms with Gasteiger partial charge in [0.25, 0.3) is 8.32 Å². The SMILES string of the molecule is C#CCC[C@@]12OC(=O)C=C1C(O[Si](C(C)C)(C(C)C)C(C)C)=C(C)[C@@]2(C)CO[Si](C)(C)C(C)(C)C. The lowest BCUT2D eigenvalue weighted by atomic mass is 9.69. The van der Waals surface area contributed by atoms with Crippen molar-refractivity contribution >= 4 is 22.6 Å². The number of terminal acetylenes is 1. The van der Waals surface area contributed by atoms with Crippen LogP contribution >= 0.6 is 0 Å². The van der Waals surface area contributed by atoms with Crippen LogP contribution in [0.4, 0.5) is 0 Å². The molecule has 1 aliphatic heterocycles. The summed E-state index contributed by atoms with van der Waals surface area (Å²) in [4.78, 5) is 12.8. The molecule has 6 heteroatoms. The Morgan fingerprint density at radius 1 is 1.09 bits per heavy atom. The molecule has 0 aromatic heterocycles. The highest BCUT2D eigenvalue weighted by molar-refractivity contribution is 6.78. The molecule has 0 amide bonds. The first kappa shape index (κ1) is 29.9. The van der Waals surface area contributed by atoms with Gasteiger partial charge in [-0.25, -0.2) is 4.79 Å². The molecule has 0 saturated heterocycles. The Labute approximate surface area is 217 Å². The first-order valence-corrected chi connectivity index (χ1v) is 18.3. The molecule has 198 valence electrons. The second-order valence-electron chi connectivity index (χ2n) is 13.3. The molecule has 35 heavy (non-hydrogen) atoms. The van der Waals surface area contributed by atoms with E-state index in [9.17, 15) is 4.79 Å². The van der Waals surface area contributed by atoms with E-state index in [0.717, 1.165) is 16.9 Å². The van der Waals surface area contributed by atoms with Gasteiger partial charge < -0.3 is 13.6 Å². The maximum absolute atomic E-state index is 12.8. The fourth-order valence-electron chi connectivity index (χ4n) is 6.04. The Balaban J connectivity index is 2.72. The normalized spacial score (nSPS) is 25.3. The van der Waals surface area contributed by atoms with Gasteiger partial charge in [0.15, 0.2) is 13.9 Å². The predicted octanol–water partition coefficient (Wildman–Crippen LogP) is 8.13. The molecule has 4 nitrogen and oxygen atoms in total. The number of fused-ring (bicyclic) bond motifs is 1. The summed E-state index contributed by atoms with van der Waals surface area (Å²) in [5.74, 6) is 3.33. The molecule has 0 fully saturated rings. The average molecular weight is 519 g/mol. The third-order valence-corrected chi connectivity index (χ3v) is 19.9. The van der Waals surface area contributed by atoms with Gasteiger partial charge >= 0.3 is 5.97 Å². The second kappa shape index (κ2) is 9.87. The molecular weight excluding hydrogens is 468 g/mol. The fraction of sp³-hybridized carbons (Fsp3) is 0.759. The minimum absolute atomic E-state index is 0.0743. The van der Waals surface area contributed by atoms with Gasteiger partial charge in [-0.2, -0.15) is 0 Å². The number of hydrogen-bond donors (Lipinski definition) is 0. The lowest BCUT2D eigenvalue weighted by Crippen LogP contribution is -2.52. The molecule has 0 radical (unpaired) electrons. The van der Waals surface area contributed by atoms with Crippen LogP contribution in [-0.2, 0) is 18.4 Å². The summed E-state index contributed by atoms with van der Waals surface area (Å²) in [6, 6.07) is 0. The van der Waals surface area contributed by atoms with Crippen LogP contribution in [0.25, 0.3) is 0 Å². The molecule has 0 aromatic carbocycles. The van der Waals surface area contributed by atoms with Crippen molar-refractivity contribution in [2.75, 3.05) is 6.61 Å². The standard InChI is InChI=1S/C29H50O4Si2/c1-15-16-17-29-24(18-25(30)32-29)26(33-35(20(2)3,21(4)5)22(6)7)23(8)28(29,12)19-31-34(13,14)27(9,10)11/h1,18,20-22H,16-17,19H2,2-14H3/t28-,29-/m1/s1. The lowest BCUT2D eigenvalue weighted by molar-refractivity contribution is -0.156. The summed E-state index contributed by atoms with van der Waals surface area (Å²) in [7, 11) is -4.32. The van der Waals surface area contributed by atoms with Crippen LogP contribution in [0.2, 0.25) is 34.8 Å². The van der Waals surface area contributed by atoms with Gasteiger partial charge in [0.1, 0.15) is 5.76 Å². The third kappa shape index (κ3) is 4.73. The number of hydrogen-bond acceptors (Lipinski definition) is 4. The summed E-state index contributed by atoms with van der Waals surface area (Å²) in [5.41, 5.74) is 1.81. The van der Waals surface area contributed by atoms with Crippen molar-refractivity contribution in [3.05, 3.63) is 23.0 Å². The van der Waals surface area contributed by atoms with Crippen molar-refractivity contribution in [2.24, 2.45) is 5.41 Å². The molecular formula is C29H50O4Si2. The molecule has 0 aromatic rings. The van der Waals surface area contributed by atoms with Crippen molar-refractivity contribution in [1.82, 2.24) is 0 Å². The van der Waals surface area contributed by atoms with Crippen LogP contribution in [0.5, 0.6) is 0 Å². The highest BCUT2D eigenvalue weighted by Gasteiger charge is 2.65. The quantitative estimate of drug-likeness (QED) is 0.166. The summed E-state index contributed by atoms with van der Waals surface area (Å²) < 4.78 is 20.3. The van der Waals surface area contributed by atoms with Crippen molar-refractivity contribution < 1.29 is 18.4 Å². The highest BCUT2D eigenvalue weighted by atomic mass is 28.4. The number of carbonyl (C=O) groups excluding carboxylic acids is 1. The van der Waals surface area contributed by atoms with Crippen LogP contribution in [0.1, 0.15) is 89.0 Å². The lowest BCUT2D eigenvalue weighted by Gasteiger charge is -2.45. The van der Waals surface area contributed by atoms with Gasteiger partial charge in [0, 0.05) is 31.1 Å². The van der Waals surface area contributed by atoms with E-state index >= 15 is 0 Å². The van der Waals surface area contributed by atoms with Gasteiger partial charge in [-0.05, 0) is 54.2 Å². The Bertz CT molecular complexity index is 908. The first-order valence-electron chi connectivity index (χ1n) is 13.3. The smallest absolute Gasteiger partial charge is 0.332 e. The van der Waals surface area contributed by atoms with E-state index in [1.807, 2.05) is 0 Å². The number of rotatable bonds is 10. The summed E-state index contributed by atoms with van der Waals surface area (Å²) in [5, 5.41) is 0.0743. The Kier molecular flexibility index (Phi) is 8.44. The molecule has 0 bridgehead atoms. The monoisotopic (exact) mass is 518 g/mol. The van der Waals surface area contributed by atoms with E-state index in [0.29, 0.717) is 36.1 Å². The topological polar surface area (TPSA) is 44.8 Å². The summed E-state index contributed by atoms with van der Waals surface area (Å²) in [6.45, 7) is 29.8. The Morgan fingerprint density at radius 3 is 2.03 bits per heavy atom. The fourth-order valence-corrected chi connectivity index (χ4v) is 12.4. The number of ether oxygens (including phenoxy) is 1. The van der Waals surface area contributed by atoms with Crippen LogP contribution in [0, 0.1) is 17.8 Å². The van der Waals surface area contributed by atoms with Crippen molar-refractivity contribution in [2.45, 2.75) is 129 Å². The van der Waals surface area contributed by atoms with E-state index in [4.69, 9.17) is 20.0 Å². The highest BCUT2D eigenvalue weighted by Crippen LogP contribution is 2.61. The van der Waals surface area contributed by atoms with Crippen LogP contribution in [0.15, 0.2) is 23.0 Å². The van der Waals surface area contributed by atoms with Crippen molar-refractivity contribution in [1.29, 1.82) is 0 Å². The molecule has 0 N–H and O–H groups in total. The zero-order valence-corrected chi connectivity index (χ0v) is 26.6. The van der Waals surface area contributed by atoms with E-state index in [2.05, 4.69) is 95.2 Å². The largest absolute Gasteiger partial charge is 0.542 e. The van der Waals surface area contributed by atoms with Gasteiger partial charge in [-0.1, -0.05) is 62.3 Å². The van der Waals surface area contributed by atoms with Crippen LogP contribution in [0.3, 0.4) is 0 Å². The molecule has 2 atom stereocenters. The molecule has 2 rings (SSSR count). The number of esters is 1. The van der Waals surface area contributed by atoms with Crippen molar-refractivity contribution in [3.8, 4) is 12.3 Å². The molecule has 1 heterocycles.